The first-order valence-corrected chi connectivity index (χ1v) is 12.6. The van der Waals surface area contributed by atoms with Crippen LogP contribution in [0.2, 0.25) is 0 Å². The van der Waals surface area contributed by atoms with Gasteiger partial charge in [-0.15, -0.1) is 11.8 Å². The van der Waals surface area contributed by atoms with Crippen LogP contribution in [0.3, 0.4) is 0 Å². The number of ether oxygens (including phenoxy) is 2. The highest BCUT2D eigenvalue weighted by Crippen LogP contribution is 2.45. The number of carbonyl (C=O) groups is 1. The highest BCUT2D eigenvalue weighted by molar-refractivity contribution is 8.00. The number of phenols is 1. The van der Waals surface area contributed by atoms with E-state index in [-0.39, 0.29) is 36.1 Å². The Morgan fingerprint density at radius 1 is 0.886 bits per heavy atom. The molecule has 0 aliphatic carbocycles. The van der Waals surface area contributed by atoms with Crippen molar-refractivity contribution in [2.45, 2.75) is 29.9 Å². The third-order valence-electron chi connectivity index (χ3n) is 6.14. The summed E-state index contributed by atoms with van der Waals surface area (Å²) in [4.78, 5) is 13.2. The highest BCUT2D eigenvalue weighted by Gasteiger charge is 2.32. The van der Waals surface area contributed by atoms with E-state index in [9.17, 15) is 9.90 Å². The molecule has 1 N–H and O–H groups in total. The summed E-state index contributed by atoms with van der Waals surface area (Å²) in [6.45, 7) is 0.290. The second kappa shape index (κ2) is 10.7. The summed E-state index contributed by atoms with van der Waals surface area (Å²) in [6.07, 6.45) is 0.631. The number of fused-ring (bicyclic) bond motifs is 1. The zero-order valence-corrected chi connectivity index (χ0v) is 20.0. The van der Waals surface area contributed by atoms with Crippen molar-refractivity contribution in [2.24, 2.45) is 0 Å². The van der Waals surface area contributed by atoms with Crippen LogP contribution in [0.5, 0.6) is 11.5 Å². The average Bonchev–Trinajstić information content (AvgIpc) is 2.91. The van der Waals surface area contributed by atoms with Gasteiger partial charge in [0.15, 0.2) is 0 Å². The first kappa shape index (κ1) is 23.1. The first-order valence-electron chi connectivity index (χ1n) is 11.6. The van der Waals surface area contributed by atoms with Gasteiger partial charge >= 0.3 is 5.97 Å². The fraction of sp³-hybridized carbons (Fsp3) is 0.167. The summed E-state index contributed by atoms with van der Waals surface area (Å²) in [7, 11) is 0. The summed E-state index contributed by atoms with van der Waals surface area (Å²) in [5.41, 5.74) is 4.27. The number of hydrogen-bond donors (Lipinski definition) is 1. The number of rotatable bonds is 7. The van der Waals surface area contributed by atoms with Gasteiger partial charge in [-0.25, -0.2) is 0 Å². The molecule has 0 fully saturated rings. The van der Waals surface area contributed by atoms with Gasteiger partial charge in [0.2, 0.25) is 0 Å². The second-order valence-corrected chi connectivity index (χ2v) is 9.60. The van der Waals surface area contributed by atoms with E-state index in [0.717, 1.165) is 33.8 Å². The molecule has 1 aliphatic heterocycles. The summed E-state index contributed by atoms with van der Waals surface area (Å²) in [5, 5.41) is 9.95. The Balaban J connectivity index is 1.27. The molecule has 35 heavy (non-hydrogen) atoms. The van der Waals surface area contributed by atoms with Gasteiger partial charge in [0.05, 0.1) is 5.75 Å². The fourth-order valence-corrected chi connectivity index (χ4v) is 5.07. The van der Waals surface area contributed by atoms with Gasteiger partial charge in [0, 0.05) is 10.8 Å². The molecule has 5 rings (SSSR count). The van der Waals surface area contributed by atoms with Crippen LogP contribution in [0.4, 0.5) is 0 Å². The molecular formula is C30H26O4S. The van der Waals surface area contributed by atoms with Gasteiger partial charge < -0.3 is 14.6 Å². The molecule has 0 saturated carbocycles. The van der Waals surface area contributed by atoms with Crippen LogP contribution >= 0.6 is 11.8 Å². The molecule has 5 heteroatoms. The summed E-state index contributed by atoms with van der Waals surface area (Å²) in [5.74, 6) is 1.20. The Morgan fingerprint density at radius 2 is 1.60 bits per heavy atom. The predicted octanol–water partition coefficient (Wildman–Crippen LogP) is 6.69. The van der Waals surface area contributed by atoms with Crippen LogP contribution in [-0.4, -0.2) is 16.8 Å². The highest BCUT2D eigenvalue weighted by atomic mass is 32.2. The lowest BCUT2D eigenvalue weighted by molar-refractivity contribution is -0.141. The standard InChI is InChI=1S/C30H26O4S/c31-25-13-16-28-24(17-25)18-27(22-9-5-2-6-10-22)30(34-28)23-11-14-26(15-12-23)35-20-29(32)33-19-21-7-3-1-4-8-21/h1-17,27,30-31H,18-20H2. The molecule has 0 saturated heterocycles. The Labute approximate surface area is 209 Å². The van der Waals surface area contributed by atoms with Gasteiger partial charge in [-0.2, -0.15) is 0 Å². The van der Waals surface area contributed by atoms with Crippen molar-refractivity contribution in [3.05, 3.63) is 125 Å². The fourth-order valence-electron chi connectivity index (χ4n) is 4.37. The lowest BCUT2D eigenvalue weighted by Gasteiger charge is -2.34. The van der Waals surface area contributed by atoms with Gasteiger partial charge in [-0.05, 0) is 59.0 Å². The molecule has 2 atom stereocenters. The molecule has 176 valence electrons. The van der Waals surface area contributed by atoms with Crippen molar-refractivity contribution in [2.75, 3.05) is 5.75 Å². The van der Waals surface area contributed by atoms with Crippen LogP contribution in [0.15, 0.2) is 108 Å². The number of thioether (sulfide) groups is 1. The number of phenolic OH excluding ortho intramolecular Hbond substituents is 1. The number of benzene rings is 4. The second-order valence-electron chi connectivity index (χ2n) is 8.56. The van der Waals surface area contributed by atoms with Crippen LogP contribution in [-0.2, 0) is 22.6 Å². The minimum Gasteiger partial charge on any atom is -0.508 e. The van der Waals surface area contributed by atoms with E-state index < -0.39 is 0 Å². The molecule has 0 aromatic heterocycles. The average molecular weight is 483 g/mol. The zero-order chi connectivity index (χ0) is 24.0. The Morgan fingerprint density at radius 3 is 2.34 bits per heavy atom. The maximum absolute atomic E-state index is 12.2. The topological polar surface area (TPSA) is 55.8 Å². The van der Waals surface area contributed by atoms with Crippen LogP contribution < -0.4 is 4.74 Å². The van der Waals surface area contributed by atoms with Gasteiger partial charge in [0.25, 0.3) is 0 Å². The smallest absolute Gasteiger partial charge is 0.316 e. The molecule has 0 bridgehead atoms. The van der Waals surface area contributed by atoms with Crippen LogP contribution in [0.1, 0.15) is 34.3 Å². The van der Waals surface area contributed by atoms with Crippen molar-refractivity contribution in [3.63, 3.8) is 0 Å². The van der Waals surface area contributed by atoms with E-state index in [1.165, 1.54) is 17.3 Å². The van der Waals surface area contributed by atoms with Crippen molar-refractivity contribution < 1.29 is 19.4 Å². The van der Waals surface area contributed by atoms with E-state index in [1.54, 1.807) is 12.1 Å². The third kappa shape index (κ3) is 5.69. The summed E-state index contributed by atoms with van der Waals surface area (Å²) >= 11 is 1.46. The summed E-state index contributed by atoms with van der Waals surface area (Å²) in [6, 6.07) is 33.5. The molecule has 0 spiro atoms. The van der Waals surface area contributed by atoms with Crippen LogP contribution in [0.25, 0.3) is 0 Å². The van der Waals surface area contributed by atoms with Gasteiger partial charge in [0.1, 0.15) is 24.2 Å². The predicted molar refractivity (Wildman–Crippen MR) is 138 cm³/mol. The van der Waals surface area contributed by atoms with Crippen molar-refractivity contribution >= 4 is 17.7 Å². The molecule has 0 radical (unpaired) electrons. The van der Waals surface area contributed by atoms with Gasteiger partial charge in [-0.3, -0.25) is 4.79 Å². The first-order chi connectivity index (χ1) is 17.2. The van der Waals surface area contributed by atoms with Crippen molar-refractivity contribution in [1.29, 1.82) is 0 Å². The van der Waals surface area contributed by atoms with Gasteiger partial charge in [-0.1, -0.05) is 72.8 Å². The van der Waals surface area contributed by atoms with Crippen molar-refractivity contribution in [3.8, 4) is 11.5 Å². The Hall–Kier alpha value is -3.70. The summed E-state index contributed by atoms with van der Waals surface area (Å²) < 4.78 is 11.8. The Bertz CT molecular complexity index is 1270. The van der Waals surface area contributed by atoms with E-state index in [1.807, 2.05) is 66.7 Å². The molecule has 4 nitrogen and oxygen atoms in total. The maximum Gasteiger partial charge on any atom is 0.316 e. The minimum absolute atomic E-state index is 0.122. The lowest BCUT2D eigenvalue weighted by atomic mass is 9.82. The van der Waals surface area contributed by atoms with Crippen LogP contribution in [0, 0.1) is 0 Å². The van der Waals surface area contributed by atoms with E-state index >= 15 is 0 Å². The Kier molecular flexibility index (Phi) is 7.05. The minimum atomic E-state index is -0.234. The molecule has 0 amide bonds. The molecule has 1 aliphatic rings. The quantitative estimate of drug-likeness (QED) is 0.235. The van der Waals surface area contributed by atoms with Crippen molar-refractivity contribution in [1.82, 2.24) is 0 Å². The molecular weight excluding hydrogens is 456 g/mol. The maximum atomic E-state index is 12.2. The molecule has 4 aromatic carbocycles. The SMILES string of the molecule is O=C(CSc1ccc(C2Oc3ccc(O)cc3CC2c2ccccc2)cc1)OCc1ccccc1. The van der Waals surface area contributed by atoms with E-state index in [2.05, 4.69) is 24.3 Å². The van der Waals surface area contributed by atoms with E-state index in [4.69, 9.17) is 9.47 Å². The third-order valence-corrected chi connectivity index (χ3v) is 7.12. The normalized spacial score (nSPS) is 16.7. The van der Waals surface area contributed by atoms with E-state index in [0.29, 0.717) is 0 Å². The number of esters is 1. The molecule has 1 heterocycles. The largest absolute Gasteiger partial charge is 0.508 e. The number of carbonyl (C=O) groups excluding carboxylic acids is 1. The molecule has 2 unspecified atom stereocenters. The lowest BCUT2D eigenvalue weighted by Crippen LogP contribution is -2.24. The molecule has 4 aromatic rings. The monoisotopic (exact) mass is 482 g/mol. The number of aromatic hydroxyl groups is 1. The number of hydrogen-bond acceptors (Lipinski definition) is 5. The zero-order valence-electron chi connectivity index (χ0n) is 19.2.